The molecule has 7 heteroatoms. The van der Waals surface area contributed by atoms with E-state index in [9.17, 15) is 0 Å². The van der Waals surface area contributed by atoms with Crippen LogP contribution in [0.4, 0.5) is 0 Å². The quantitative estimate of drug-likeness (QED) is 0.145. The van der Waals surface area contributed by atoms with Gasteiger partial charge < -0.3 is 10.6 Å². The lowest BCUT2D eigenvalue weighted by atomic mass is 10.2. The van der Waals surface area contributed by atoms with Crippen LogP contribution in [0, 0.1) is 0 Å². The Labute approximate surface area is 176 Å². The number of aromatic nitrogens is 1. The molecule has 0 spiro atoms. The predicted molar refractivity (Wildman–Crippen MR) is 120 cm³/mol. The van der Waals surface area contributed by atoms with Crippen molar-refractivity contribution in [3.05, 3.63) is 59.4 Å². The van der Waals surface area contributed by atoms with Crippen LogP contribution in [0.2, 0.25) is 5.15 Å². The summed E-state index contributed by atoms with van der Waals surface area (Å²) < 4.78 is 0. The molecule has 0 saturated heterocycles. The van der Waals surface area contributed by atoms with Gasteiger partial charge in [-0.1, -0.05) is 35.9 Å². The fraction of sp³-hybridized carbons (Fsp3) is 0.333. The van der Waals surface area contributed by atoms with Crippen molar-refractivity contribution in [2.45, 2.75) is 18.2 Å². The number of nitrogens with zero attached hydrogens (tertiary/aromatic N) is 2. The SMILES string of the molecule is CCNC(=NCCc1ccc(Cl)nc1)NCCSc1ccccc1.I. The van der Waals surface area contributed by atoms with E-state index >= 15 is 0 Å². The topological polar surface area (TPSA) is 49.3 Å². The van der Waals surface area contributed by atoms with Crippen LogP contribution in [0.5, 0.6) is 0 Å². The molecule has 0 unspecified atom stereocenters. The largest absolute Gasteiger partial charge is 0.357 e. The number of aliphatic imine (C=N–C) groups is 1. The summed E-state index contributed by atoms with van der Waals surface area (Å²) in [6, 6.07) is 14.2. The third-order valence-electron chi connectivity index (χ3n) is 3.21. The number of thioether (sulfide) groups is 1. The van der Waals surface area contributed by atoms with Crippen LogP contribution in [0.15, 0.2) is 58.5 Å². The van der Waals surface area contributed by atoms with Crippen molar-refractivity contribution in [3.63, 3.8) is 0 Å². The van der Waals surface area contributed by atoms with E-state index in [1.54, 1.807) is 6.20 Å². The summed E-state index contributed by atoms with van der Waals surface area (Å²) in [5.74, 6) is 1.85. The third kappa shape index (κ3) is 9.32. The molecule has 0 saturated carbocycles. The first kappa shape index (κ1) is 22.1. The van der Waals surface area contributed by atoms with E-state index in [2.05, 4.69) is 51.8 Å². The zero-order valence-electron chi connectivity index (χ0n) is 14.2. The molecule has 1 aromatic carbocycles. The average molecular weight is 491 g/mol. The number of hydrogen-bond acceptors (Lipinski definition) is 3. The van der Waals surface area contributed by atoms with Crippen LogP contribution in [-0.4, -0.2) is 36.3 Å². The first-order valence-electron chi connectivity index (χ1n) is 8.08. The molecule has 0 radical (unpaired) electrons. The summed E-state index contributed by atoms with van der Waals surface area (Å²) in [4.78, 5) is 9.97. The van der Waals surface area contributed by atoms with Crippen LogP contribution < -0.4 is 10.6 Å². The summed E-state index contributed by atoms with van der Waals surface area (Å²) in [5, 5.41) is 7.16. The first-order valence-corrected chi connectivity index (χ1v) is 9.44. The maximum absolute atomic E-state index is 5.79. The predicted octanol–water partition coefficient (Wildman–Crippen LogP) is 4.24. The summed E-state index contributed by atoms with van der Waals surface area (Å²) in [7, 11) is 0. The number of hydrogen-bond donors (Lipinski definition) is 2. The third-order valence-corrected chi connectivity index (χ3v) is 4.45. The second-order valence-corrected chi connectivity index (χ2v) is 6.64. The Hall–Kier alpha value is -0.990. The van der Waals surface area contributed by atoms with Crippen LogP contribution in [0.1, 0.15) is 12.5 Å². The van der Waals surface area contributed by atoms with Gasteiger partial charge in [-0.05, 0) is 37.1 Å². The van der Waals surface area contributed by atoms with Gasteiger partial charge in [0.2, 0.25) is 0 Å². The normalized spacial score (nSPS) is 10.9. The van der Waals surface area contributed by atoms with Crippen molar-refractivity contribution >= 4 is 53.3 Å². The average Bonchev–Trinajstić information content (AvgIpc) is 2.61. The molecule has 0 atom stereocenters. The van der Waals surface area contributed by atoms with Gasteiger partial charge in [0.1, 0.15) is 5.15 Å². The van der Waals surface area contributed by atoms with Gasteiger partial charge in [-0.25, -0.2) is 4.98 Å². The zero-order valence-corrected chi connectivity index (χ0v) is 18.1. The summed E-state index contributed by atoms with van der Waals surface area (Å²) in [5.41, 5.74) is 1.14. The molecule has 1 heterocycles. The first-order chi connectivity index (χ1) is 11.8. The maximum atomic E-state index is 5.79. The van der Waals surface area contributed by atoms with E-state index in [-0.39, 0.29) is 24.0 Å². The smallest absolute Gasteiger partial charge is 0.191 e. The van der Waals surface area contributed by atoms with Gasteiger partial charge in [0.25, 0.3) is 0 Å². The molecule has 2 aromatic rings. The second-order valence-electron chi connectivity index (χ2n) is 5.09. The van der Waals surface area contributed by atoms with Gasteiger partial charge in [-0.2, -0.15) is 0 Å². The van der Waals surface area contributed by atoms with Gasteiger partial charge in [-0.3, -0.25) is 4.99 Å². The molecule has 4 nitrogen and oxygen atoms in total. The van der Waals surface area contributed by atoms with Crippen molar-refractivity contribution in [3.8, 4) is 0 Å². The van der Waals surface area contributed by atoms with Crippen LogP contribution >= 0.6 is 47.3 Å². The van der Waals surface area contributed by atoms with Crippen molar-refractivity contribution < 1.29 is 0 Å². The number of guanidine groups is 1. The minimum Gasteiger partial charge on any atom is -0.357 e. The Bertz CT molecular complexity index is 623. The number of pyridine rings is 1. The maximum Gasteiger partial charge on any atom is 0.191 e. The van der Waals surface area contributed by atoms with Crippen LogP contribution in [0.3, 0.4) is 0 Å². The fourth-order valence-electron chi connectivity index (χ4n) is 2.05. The molecule has 0 aliphatic heterocycles. The number of rotatable bonds is 8. The highest BCUT2D eigenvalue weighted by Gasteiger charge is 1.99. The molecule has 2 rings (SSSR count). The highest BCUT2D eigenvalue weighted by atomic mass is 127. The standard InChI is InChI=1S/C18H23ClN4S.HI/c1-2-20-18(21-11-10-15-8-9-17(19)23-14-15)22-12-13-24-16-6-4-3-5-7-16;/h3-9,14H,2,10-13H2,1H3,(H2,20,21,22);1H. The molecule has 0 aliphatic rings. The second kappa shape index (κ2) is 13.2. The highest BCUT2D eigenvalue weighted by Crippen LogP contribution is 2.15. The van der Waals surface area contributed by atoms with Gasteiger partial charge >= 0.3 is 0 Å². The van der Waals surface area contributed by atoms with E-state index in [0.29, 0.717) is 11.7 Å². The van der Waals surface area contributed by atoms with E-state index < -0.39 is 0 Å². The Morgan fingerprint density at radius 1 is 1.16 bits per heavy atom. The Kier molecular flexibility index (Phi) is 11.7. The molecule has 2 N–H and O–H groups in total. The molecule has 0 amide bonds. The number of halogens is 2. The molecule has 1 aromatic heterocycles. The van der Waals surface area contributed by atoms with Crippen molar-refractivity contribution in [2.75, 3.05) is 25.4 Å². The van der Waals surface area contributed by atoms with E-state index in [4.69, 9.17) is 11.6 Å². The monoisotopic (exact) mass is 490 g/mol. The molecule has 25 heavy (non-hydrogen) atoms. The lowest BCUT2D eigenvalue weighted by Crippen LogP contribution is -2.38. The van der Waals surface area contributed by atoms with Gasteiger partial charge in [0, 0.05) is 36.5 Å². The lowest BCUT2D eigenvalue weighted by Gasteiger charge is -2.11. The Morgan fingerprint density at radius 2 is 1.96 bits per heavy atom. The highest BCUT2D eigenvalue weighted by molar-refractivity contribution is 14.0. The summed E-state index contributed by atoms with van der Waals surface area (Å²) >= 11 is 7.63. The Morgan fingerprint density at radius 3 is 2.64 bits per heavy atom. The molecule has 136 valence electrons. The van der Waals surface area contributed by atoms with E-state index in [1.807, 2.05) is 30.0 Å². The van der Waals surface area contributed by atoms with Gasteiger partial charge in [0.15, 0.2) is 5.96 Å². The lowest BCUT2D eigenvalue weighted by molar-refractivity contribution is 0.835. The number of nitrogens with one attached hydrogen (secondary N) is 2. The zero-order chi connectivity index (χ0) is 17.0. The van der Waals surface area contributed by atoms with Gasteiger partial charge in [0.05, 0.1) is 0 Å². The molecular weight excluding hydrogens is 467 g/mol. The van der Waals surface area contributed by atoms with Crippen LogP contribution in [0.25, 0.3) is 0 Å². The minimum atomic E-state index is 0. The molecule has 0 fully saturated rings. The Balaban J connectivity index is 0.00000312. The van der Waals surface area contributed by atoms with Crippen molar-refractivity contribution in [1.29, 1.82) is 0 Å². The van der Waals surface area contributed by atoms with E-state index in [1.165, 1.54) is 4.90 Å². The fourth-order valence-corrected chi connectivity index (χ4v) is 2.95. The minimum absolute atomic E-state index is 0. The summed E-state index contributed by atoms with van der Waals surface area (Å²) in [6.45, 7) is 4.50. The van der Waals surface area contributed by atoms with Crippen molar-refractivity contribution in [1.82, 2.24) is 15.6 Å². The van der Waals surface area contributed by atoms with Crippen LogP contribution in [-0.2, 0) is 6.42 Å². The molecule has 0 aliphatic carbocycles. The van der Waals surface area contributed by atoms with Gasteiger partial charge in [-0.15, -0.1) is 35.7 Å². The number of benzene rings is 1. The van der Waals surface area contributed by atoms with Crippen molar-refractivity contribution in [2.24, 2.45) is 4.99 Å². The summed E-state index contributed by atoms with van der Waals surface area (Å²) in [6.07, 6.45) is 2.65. The van der Waals surface area contributed by atoms with E-state index in [0.717, 1.165) is 36.8 Å². The molecular formula is C18H24ClIN4S. The molecule has 0 bridgehead atoms.